The zero-order chi connectivity index (χ0) is 17.9. The topological polar surface area (TPSA) is 95.2 Å². The number of rotatable bonds is 0. The number of hydrogen-bond acceptors (Lipinski definition) is 5. The molecule has 4 bridgehead atoms. The SMILES string of the molecule is N#CC1(C#N)CCc2ccc(s2)CCC(C#N)(C#N)c2ccc1cc2. The first-order valence-corrected chi connectivity index (χ1v) is 8.77. The van der Waals surface area contributed by atoms with E-state index in [1.165, 1.54) is 0 Å². The van der Waals surface area contributed by atoms with Gasteiger partial charge in [0.05, 0.1) is 24.3 Å². The smallest absolute Gasteiger partial charge is 0.169 e. The first-order valence-electron chi connectivity index (χ1n) is 7.95. The molecule has 0 amide bonds. The molecular weight excluding hydrogens is 328 g/mol. The molecule has 2 aromatic rings. The molecule has 0 radical (unpaired) electrons. The predicted molar refractivity (Wildman–Crippen MR) is 93.2 cm³/mol. The molecule has 25 heavy (non-hydrogen) atoms. The standard InChI is InChI=1S/C20H14N4S/c21-11-19(12-22)9-7-17-5-6-18(25-17)8-10-20(13-23,14-24)16-2-1-15(19)3-4-16/h1-6H,7-10H2. The van der Waals surface area contributed by atoms with Gasteiger partial charge in [-0.1, -0.05) is 24.3 Å². The minimum atomic E-state index is -1.22. The molecule has 4 nitrogen and oxygen atoms in total. The van der Waals surface area contributed by atoms with Gasteiger partial charge in [-0.05, 0) is 48.9 Å². The van der Waals surface area contributed by atoms with E-state index in [-0.39, 0.29) is 0 Å². The predicted octanol–water partition coefficient (Wildman–Crippen LogP) is 3.90. The summed E-state index contributed by atoms with van der Waals surface area (Å²) in [5.41, 5.74) is -1.22. The minimum Gasteiger partial charge on any atom is -0.196 e. The Morgan fingerprint density at radius 1 is 0.640 bits per heavy atom. The van der Waals surface area contributed by atoms with Crippen molar-refractivity contribution in [2.24, 2.45) is 0 Å². The molecule has 0 atom stereocenters. The summed E-state index contributed by atoms with van der Waals surface area (Å²) in [6.45, 7) is 0. The van der Waals surface area contributed by atoms with Crippen LogP contribution in [-0.2, 0) is 23.7 Å². The second-order valence-corrected chi connectivity index (χ2v) is 7.46. The van der Waals surface area contributed by atoms with Gasteiger partial charge in [0.25, 0.3) is 0 Å². The lowest BCUT2D eigenvalue weighted by Gasteiger charge is -2.22. The van der Waals surface area contributed by atoms with Gasteiger partial charge in [-0.25, -0.2) is 0 Å². The Morgan fingerprint density at radius 3 is 1.32 bits per heavy atom. The van der Waals surface area contributed by atoms with Crippen molar-refractivity contribution in [3.63, 3.8) is 0 Å². The fourth-order valence-corrected chi connectivity index (χ4v) is 4.19. The molecule has 3 heterocycles. The van der Waals surface area contributed by atoms with Gasteiger partial charge < -0.3 is 0 Å². The number of nitrogens with zero attached hydrogens (tertiary/aromatic N) is 4. The zero-order valence-corrected chi connectivity index (χ0v) is 14.3. The van der Waals surface area contributed by atoms with E-state index in [2.05, 4.69) is 24.3 Å². The molecule has 2 aliphatic heterocycles. The second kappa shape index (κ2) is 6.41. The van der Waals surface area contributed by atoms with E-state index in [9.17, 15) is 21.0 Å². The normalized spacial score (nSPS) is 17.4. The zero-order valence-electron chi connectivity index (χ0n) is 13.5. The molecule has 0 unspecified atom stereocenters. The number of benzene rings is 1. The van der Waals surface area contributed by atoms with Gasteiger partial charge in [-0.15, -0.1) is 11.3 Å². The van der Waals surface area contributed by atoms with E-state index in [1.54, 1.807) is 35.6 Å². The summed E-state index contributed by atoms with van der Waals surface area (Å²) in [4.78, 5) is 2.22. The highest BCUT2D eigenvalue weighted by Crippen LogP contribution is 2.35. The first-order chi connectivity index (χ1) is 12.1. The van der Waals surface area contributed by atoms with Gasteiger partial charge in [-0.2, -0.15) is 21.0 Å². The van der Waals surface area contributed by atoms with E-state index in [4.69, 9.17) is 0 Å². The Hall–Kier alpha value is -3.12. The summed E-state index contributed by atoms with van der Waals surface area (Å²) >= 11 is 1.62. The Morgan fingerprint density at radius 2 is 1.00 bits per heavy atom. The summed E-state index contributed by atoms with van der Waals surface area (Å²) in [6.07, 6.45) is 2.13. The van der Waals surface area contributed by atoms with Crippen LogP contribution in [0.2, 0.25) is 0 Å². The van der Waals surface area contributed by atoms with Gasteiger partial charge in [0.15, 0.2) is 10.8 Å². The van der Waals surface area contributed by atoms with E-state index in [0.29, 0.717) is 36.8 Å². The van der Waals surface area contributed by atoms with Crippen LogP contribution < -0.4 is 0 Å². The van der Waals surface area contributed by atoms with E-state index < -0.39 is 10.8 Å². The summed E-state index contributed by atoms with van der Waals surface area (Å²) in [6, 6.07) is 19.6. The van der Waals surface area contributed by atoms with Crippen LogP contribution in [0, 0.1) is 45.3 Å². The van der Waals surface area contributed by atoms with Crippen molar-refractivity contribution in [3.05, 3.63) is 57.3 Å². The maximum atomic E-state index is 9.67. The van der Waals surface area contributed by atoms with Crippen LogP contribution in [-0.4, -0.2) is 0 Å². The largest absolute Gasteiger partial charge is 0.196 e. The third kappa shape index (κ3) is 2.77. The average molecular weight is 342 g/mol. The van der Waals surface area contributed by atoms with Crippen LogP contribution in [0.4, 0.5) is 0 Å². The minimum absolute atomic E-state index is 0.418. The molecule has 1 aromatic heterocycles. The molecule has 0 N–H and O–H groups in total. The van der Waals surface area contributed by atoms with Crippen LogP contribution in [0.25, 0.3) is 0 Å². The van der Waals surface area contributed by atoms with Crippen molar-refractivity contribution in [1.29, 1.82) is 21.0 Å². The lowest BCUT2D eigenvalue weighted by molar-refractivity contribution is 0.620. The Labute approximate surface area is 150 Å². The summed E-state index contributed by atoms with van der Waals surface area (Å²) in [7, 11) is 0. The fourth-order valence-electron chi connectivity index (χ4n) is 3.17. The average Bonchev–Trinajstić information content (AvgIpc) is 3.13. The lowest BCUT2D eigenvalue weighted by atomic mass is 9.75. The summed E-state index contributed by atoms with van der Waals surface area (Å²) < 4.78 is 0. The van der Waals surface area contributed by atoms with Gasteiger partial charge >= 0.3 is 0 Å². The third-order valence-corrected chi connectivity index (χ3v) is 6.05. The highest BCUT2D eigenvalue weighted by molar-refractivity contribution is 7.11. The molecule has 0 aliphatic carbocycles. The van der Waals surface area contributed by atoms with Crippen LogP contribution in [0.5, 0.6) is 0 Å². The molecule has 120 valence electrons. The first kappa shape index (κ1) is 16.7. The monoisotopic (exact) mass is 342 g/mol. The lowest BCUT2D eigenvalue weighted by Crippen LogP contribution is -2.25. The van der Waals surface area contributed by atoms with Crippen LogP contribution in [0.3, 0.4) is 0 Å². The molecular formula is C20H14N4S. The number of thiophene rings is 1. The molecule has 5 heteroatoms. The number of aryl methyl sites for hydroxylation is 2. The van der Waals surface area contributed by atoms with Crippen molar-refractivity contribution in [2.75, 3.05) is 0 Å². The quantitative estimate of drug-likeness (QED) is 0.725. The van der Waals surface area contributed by atoms with E-state index in [0.717, 1.165) is 9.75 Å². The highest BCUT2D eigenvalue weighted by Gasteiger charge is 2.36. The van der Waals surface area contributed by atoms with Crippen molar-refractivity contribution in [1.82, 2.24) is 0 Å². The highest BCUT2D eigenvalue weighted by atomic mass is 32.1. The van der Waals surface area contributed by atoms with Gasteiger partial charge in [-0.3, -0.25) is 0 Å². The number of hydrogen-bond donors (Lipinski definition) is 0. The molecule has 2 aliphatic rings. The Bertz CT molecular complexity index is 852. The van der Waals surface area contributed by atoms with Gasteiger partial charge in [0.1, 0.15) is 0 Å². The molecule has 0 spiro atoms. The second-order valence-electron chi connectivity index (χ2n) is 6.20. The molecule has 0 saturated heterocycles. The molecule has 0 saturated carbocycles. The number of fused-ring (bicyclic) bond motifs is 6. The van der Waals surface area contributed by atoms with Crippen molar-refractivity contribution < 1.29 is 0 Å². The van der Waals surface area contributed by atoms with Gasteiger partial charge in [0, 0.05) is 9.75 Å². The van der Waals surface area contributed by atoms with Crippen LogP contribution in [0.1, 0.15) is 33.7 Å². The Balaban J connectivity index is 2.18. The van der Waals surface area contributed by atoms with E-state index >= 15 is 0 Å². The van der Waals surface area contributed by atoms with Crippen LogP contribution >= 0.6 is 11.3 Å². The molecule has 0 fully saturated rings. The van der Waals surface area contributed by atoms with Crippen LogP contribution in [0.15, 0.2) is 36.4 Å². The molecule has 4 rings (SSSR count). The third-order valence-electron chi connectivity index (χ3n) is 4.84. The maximum Gasteiger partial charge on any atom is 0.169 e. The summed E-state index contributed by atoms with van der Waals surface area (Å²) in [5, 5.41) is 38.7. The Kier molecular flexibility index (Phi) is 4.29. The molecule has 1 aromatic carbocycles. The van der Waals surface area contributed by atoms with Crippen molar-refractivity contribution in [3.8, 4) is 24.3 Å². The van der Waals surface area contributed by atoms with Gasteiger partial charge in [0.2, 0.25) is 0 Å². The van der Waals surface area contributed by atoms with Crippen molar-refractivity contribution in [2.45, 2.75) is 36.5 Å². The maximum absolute atomic E-state index is 9.67. The summed E-state index contributed by atoms with van der Waals surface area (Å²) in [5.74, 6) is 0. The fraction of sp³-hybridized carbons (Fsp3) is 0.300. The van der Waals surface area contributed by atoms with Crippen molar-refractivity contribution >= 4 is 11.3 Å². The van der Waals surface area contributed by atoms with E-state index in [1.807, 2.05) is 12.1 Å². The number of nitriles is 4.